The summed E-state index contributed by atoms with van der Waals surface area (Å²) in [6.45, 7) is 6.31. The first-order chi connectivity index (χ1) is 8.72. The number of rotatable bonds is 3. The molecule has 0 saturated heterocycles. The van der Waals surface area contributed by atoms with Gasteiger partial charge < -0.3 is 5.32 Å². The van der Waals surface area contributed by atoms with E-state index < -0.39 is 4.33 Å². The number of carbonyl (C=O) groups excluding carboxylic acids is 1. The van der Waals surface area contributed by atoms with Gasteiger partial charge >= 0.3 is 0 Å². The first-order valence-electron chi connectivity index (χ1n) is 6.45. The van der Waals surface area contributed by atoms with E-state index in [0.717, 1.165) is 5.56 Å². The summed E-state index contributed by atoms with van der Waals surface area (Å²) in [5, 5.41) is 3.08. The fraction of sp³-hybridized carbons (Fsp3) is 0.533. The predicted octanol–water partition coefficient (Wildman–Crippen LogP) is 4.08. The van der Waals surface area contributed by atoms with Gasteiger partial charge in [-0.25, -0.2) is 0 Å². The van der Waals surface area contributed by atoms with Crippen LogP contribution in [-0.4, -0.2) is 10.2 Å². The number of nitrogens with one attached hydrogen (secondary N) is 1. The second kappa shape index (κ2) is 4.99. The zero-order valence-electron chi connectivity index (χ0n) is 11.4. The average Bonchev–Trinajstić information content (AvgIpc) is 2.95. The monoisotopic (exact) mass is 299 g/mol. The summed E-state index contributed by atoms with van der Waals surface area (Å²) in [4.78, 5) is 12.2. The van der Waals surface area contributed by atoms with Gasteiger partial charge in [0.25, 0.3) is 0 Å². The molecule has 0 radical (unpaired) electrons. The lowest BCUT2D eigenvalue weighted by Crippen LogP contribution is -2.38. The lowest BCUT2D eigenvalue weighted by atomic mass is 9.82. The highest BCUT2D eigenvalue weighted by atomic mass is 35.5. The summed E-state index contributed by atoms with van der Waals surface area (Å²) < 4.78 is -0.872. The van der Waals surface area contributed by atoms with E-state index in [1.54, 1.807) is 0 Å². The van der Waals surface area contributed by atoms with Gasteiger partial charge in [-0.1, -0.05) is 51.1 Å². The summed E-state index contributed by atoms with van der Waals surface area (Å²) in [6, 6.07) is 9.92. The van der Waals surface area contributed by atoms with Crippen LogP contribution in [0.4, 0.5) is 0 Å². The first kappa shape index (κ1) is 14.7. The lowest BCUT2D eigenvalue weighted by molar-refractivity contribution is -0.123. The molecule has 1 aliphatic rings. The topological polar surface area (TPSA) is 29.1 Å². The maximum absolute atomic E-state index is 12.2. The van der Waals surface area contributed by atoms with Crippen molar-refractivity contribution in [1.29, 1.82) is 0 Å². The van der Waals surface area contributed by atoms with E-state index in [4.69, 9.17) is 23.2 Å². The van der Waals surface area contributed by atoms with Gasteiger partial charge in [-0.15, -0.1) is 23.2 Å². The number of hydrogen-bond donors (Lipinski definition) is 1. The standard InChI is InChI=1S/C15H19Cl2NO/c1-14(2,3)12(10-7-5-4-6-8-10)18-13(19)11-9-15(11,16)17/h4-8,11-12H,9H2,1-3H3,(H,18,19). The number of benzene rings is 1. The molecule has 104 valence electrons. The molecule has 2 unspecified atom stereocenters. The quantitative estimate of drug-likeness (QED) is 0.837. The highest BCUT2D eigenvalue weighted by Gasteiger charge is 2.56. The molecule has 0 heterocycles. The molecule has 1 N–H and O–H groups in total. The van der Waals surface area contributed by atoms with Gasteiger partial charge in [-0.05, 0) is 17.4 Å². The van der Waals surface area contributed by atoms with Crippen LogP contribution in [-0.2, 0) is 4.79 Å². The summed E-state index contributed by atoms with van der Waals surface area (Å²) in [6.07, 6.45) is 0.535. The van der Waals surface area contributed by atoms with Crippen molar-refractivity contribution >= 4 is 29.1 Å². The van der Waals surface area contributed by atoms with Crippen LogP contribution in [0.25, 0.3) is 0 Å². The Morgan fingerprint density at radius 2 is 1.84 bits per heavy atom. The molecule has 0 spiro atoms. The smallest absolute Gasteiger partial charge is 0.226 e. The van der Waals surface area contributed by atoms with Crippen molar-refractivity contribution in [2.45, 2.75) is 37.6 Å². The largest absolute Gasteiger partial charge is 0.348 e. The molecule has 1 fully saturated rings. The molecule has 19 heavy (non-hydrogen) atoms. The highest BCUT2D eigenvalue weighted by molar-refractivity contribution is 6.52. The summed E-state index contributed by atoms with van der Waals surface area (Å²) in [5.74, 6) is -0.349. The minimum Gasteiger partial charge on any atom is -0.348 e. The maximum Gasteiger partial charge on any atom is 0.226 e. The van der Waals surface area contributed by atoms with Gasteiger partial charge in [0, 0.05) is 0 Å². The van der Waals surface area contributed by atoms with Crippen LogP contribution >= 0.6 is 23.2 Å². The molecule has 0 aliphatic heterocycles. The Morgan fingerprint density at radius 3 is 2.26 bits per heavy atom. The summed E-state index contributed by atoms with van der Waals surface area (Å²) in [5.41, 5.74) is 1.02. The van der Waals surface area contributed by atoms with Crippen LogP contribution < -0.4 is 5.32 Å². The first-order valence-corrected chi connectivity index (χ1v) is 7.20. The second-order valence-electron chi connectivity index (χ2n) is 6.24. The van der Waals surface area contributed by atoms with Gasteiger partial charge in [0.2, 0.25) is 5.91 Å². The molecule has 1 aromatic carbocycles. The van der Waals surface area contributed by atoms with Crippen LogP contribution in [0.2, 0.25) is 0 Å². The van der Waals surface area contributed by atoms with Crippen molar-refractivity contribution in [3.63, 3.8) is 0 Å². The highest BCUT2D eigenvalue weighted by Crippen LogP contribution is 2.53. The Hall–Kier alpha value is -0.730. The number of halogens is 2. The fourth-order valence-electron chi connectivity index (χ4n) is 2.19. The zero-order chi connectivity index (χ0) is 14.3. The summed E-state index contributed by atoms with van der Waals surface area (Å²) >= 11 is 11.9. The molecular weight excluding hydrogens is 281 g/mol. The molecule has 1 aliphatic carbocycles. The predicted molar refractivity (Wildman–Crippen MR) is 79.3 cm³/mol. The van der Waals surface area contributed by atoms with E-state index in [1.807, 2.05) is 30.3 Å². The van der Waals surface area contributed by atoms with E-state index in [1.165, 1.54) is 0 Å². The second-order valence-corrected chi connectivity index (χ2v) is 7.78. The third-order valence-corrected chi connectivity index (χ3v) is 4.26. The Balaban J connectivity index is 2.15. The van der Waals surface area contributed by atoms with Crippen molar-refractivity contribution in [2.24, 2.45) is 11.3 Å². The number of amides is 1. The summed E-state index contributed by atoms with van der Waals surface area (Å²) in [7, 11) is 0. The van der Waals surface area contributed by atoms with Crippen LogP contribution in [0.1, 0.15) is 38.8 Å². The van der Waals surface area contributed by atoms with Crippen LogP contribution in [0.3, 0.4) is 0 Å². The van der Waals surface area contributed by atoms with Crippen LogP contribution in [0, 0.1) is 11.3 Å². The van der Waals surface area contributed by atoms with E-state index >= 15 is 0 Å². The van der Waals surface area contributed by atoms with Crippen molar-refractivity contribution in [3.05, 3.63) is 35.9 Å². The molecular formula is C15H19Cl2NO. The Kier molecular flexibility index (Phi) is 3.85. The minimum atomic E-state index is -0.872. The average molecular weight is 300 g/mol. The normalized spacial score (nSPS) is 22.7. The molecule has 1 amide bonds. The zero-order valence-corrected chi connectivity index (χ0v) is 12.9. The number of carbonyl (C=O) groups is 1. The molecule has 2 nitrogen and oxygen atoms in total. The van der Waals surface area contributed by atoms with Crippen LogP contribution in [0.15, 0.2) is 30.3 Å². The maximum atomic E-state index is 12.2. The van der Waals surface area contributed by atoms with Crippen molar-refractivity contribution in [3.8, 4) is 0 Å². The van der Waals surface area contributed by atoms with E-state index in [-0.39, 0.29) is 23.3 Å². The van der Waals surface area contributed by atoms with Gasteiger partial charge in [-0.2, -0.15) is 0 Å². The lowest BCUT2D eigenvalue weighted by Gasteiger charge is -2.32. The molecule has 4 heteroatoms. The fourth-order valence-corrected chi connectivity index (χ4v) is 2.69. The number of alkyl halides is 2. The van der Waals surface area contributed by atoms with Gasteiger partial charge in [-0.3, -0.25) is 4.79 Å². The van der Waals surface area contributed by atoms with Gasteiger partial charge in [0.05, 0.1) is 12.0 Å². The van der Waals surface area contributed by atoms with Gasteiger partial charge in [0.1, 0.15) is 4.33 Å². The van der Waals surface area contributed by atoms with E-state index in [0.29, 0.717) is 6.42 Å². The van der Waals surface area contributed by atoms with Crippen molar-refractivity contribution in [2.75, 3.05) is 0 Å². The Morgan fingerprint density at radius 1 is 1.32 bits per heavy atom. The molecule has 0 bridgehead atoms. The molecule has 1 aromatic rings. The van der Waals surface area contributed by atoms with E-state index in [2.05, 4.69) is 26.1 Å². The minimum absolute atomic E-state index is 0.0501. The van der Waals surface area contributed by atoms with Crippen LogP contribution in [0.5, 0.6) is 0 Å². The number of hydrogen-bond acceptors (Lipinski definition) is 1. The molecule has 2 atom stereocenters. The Bertz CT molecular complexity index is 465. The molecule has 2 rings (SSSR count). The van der Waals surface area contributed by atoms with Crippen molar-refractivity contribution < 1.29 is 4.79 Å². The molecule has 0 aromatic heterocycles. The third-order valence-electron chi connectivity index (χ3n) is 3.43. The van der Waals surface area contributed by atoms with Crippen molar-refractivity contribution in [1.82, 2.24) is 5.32 Å². The molecule has 1 saturated carbocycles. The third kappa shape index (κ3) is 3.43. The van der Waals surface area contributed by atoms with E-state index in [9.17, 15) is 4.79 Å². The SMILES string of the molecule is CC(C)(C)C(NC(=O)C1CC1(Cl)Cl)c1ccccc1. The van der Waals surface area contributed by atoms with Gasteiger partial charge in [0.15, 0.2) is 0 Å². The Labute approximate surface area is 124 Å².